The Morgan fingerprint density at radius 2 is 1.86 bits per heavy atom. The molecule has 1 unspecified atom stereocenters. The second-order valence-electron chi connectivity index (χ2n) is 8.29. The third-order valence-corrected chi connectivity index (χ3v) is 7.09. The Morgan fingerprint density at radius 3 is 2.43 bits per heavy atom. The molecule has 1 N–H and O–H groups in total. The summed E-state index contributed by atoms with van der Waals surface area (Å²) in [7, 11) is -2.27. The number of anilines is 1. The Labute approximate surface area is 213 Å². The van der Waals surface area contributed by atoms with Crippen LogP contribution < -0.4 is 14.4 Å². The number of nitrogens with one attached hydrogen (secondary N) is 1. The standard InChI is InChI=1S/C25H34ClN3O5S/c1-6-13-27-25(31)23(7-2)28(16-19-9-8-10-21(14-19)34-4)24(30)17-29(35(5,32)33)20-12-11-18(3)22(26)15-20/h8-12,14-15,23H,6-7,13,16-17H2,1-5H3,(H,27,31). The van der Waals surface area contributed by atoms with Crippen molar-refractivity contribution in [3.8, 4) is 5.75 Å². The first-order valence-corrected chi connectivity index (χ1v) is 13.7. The Bertz CT molecular complexity index is 1140. The van der Waals surface area contributed by atoms with E-state index in [2.05, 4.69) is 5.32 Å². The zero-order valence-electron chi connectivity index (χ0n) is 20.9. The van der Waals surface area contributed by atoms with Gasteiger partial charge in [0, 0.05) is 18.1 Å². The van der Waals surface area contributed by atoms with Crippen molar-refractivity contribution in [2.75, 3.05) is 30.8 Å². The van der Waals surface area contributed by atoms with Gasteiger partial charge < -0.3 is 15.0 Å². The molecule has 0 saturated heterocycles. The van der Waals surface area contributed by atoms with Gasteiger partial charge in [0.05, 0.1) is 19.1 Å². The Kier molecular flexibility index (Phi) is 10.4. The first-order chi connectivity index (χ1) is 16.5. The number of amides is 2. The number of carbonyl (C=O) groups excluding carboxylic acids is 2. The lowest BCUT2D eigenvalue weighted by Gasteiger charge is -2.33. The lowest BCUT2D eigenvalue weighted by atomic mass is 10.1. The molecule has 0 aromatic heterocycles. The number of methoxy groups -OCH3 is 1. The zero-order chi connectivity index (χ0) is 26.2. The van der Waals surface area contributed by atoms with E-state index in [-0.39, 0.29) is 18.1 Å². The van der Waals surface area contributed by atoms with Gasteiger partial charge in [-0.3, -0.25) is 13.9 Å². The van der Waals surface area contributed by atoms with E-state index in [0.717, 1.165) is 28.1 Å². The number of hydrogen-bond acceptors (Lipinski definition) is 5. The van der Waals surface area contributed by atoms with Crippen molar-refractivity contribution < 1.29 is 22.7 Å². The summed E-state index contributed by atoms with van der Waals surface area (Å²) in [6, 6.07) is 11.2. The van der Waals surface area contributed by atoms with Gasteiger partial charge in [0.15, 0.2) is 0 Å². The third kappa shape index (κ3) is 7.86. The summed E-state index contributed by atoms with van der Waals surface area (Å²) in [6.07, 6.45) is 2.15. The van der Waals surface area contributed by atoms with Gasteiger partial charge in [0.1, 0.15) is 18.3 Å². The molecule has 35 heavy (non-hydrogen) atoms. The molecule has 8 nitrogen and oxygen atoms in total. The lowest BCUT2D eigenvalue weighted by Crippen LogP contribution is -2.52. The van der Waals surface area contributed by atoms with Gasteiger partial charge in [-0.25, -0.2) is 8.42 Å². The molecular weight excluding hydrogens is 490 g/mol. The molecule has 2 rings (SSSR count). The molecule has 0 fully saturated rings. The maximum atomic E-state index is 13.6. The van der Waals surface area contributed by atoms with Crippen molar-refractivity contribution in [2.45, 2.75) is 46.2 Å². The number of nitrogens with zero attached hydrogens (tertiary/aromatic N) is 2. The zero-order valence-corrected chi connectivity index (χ0v) is 22.4. The highest BCUT2D eigenvalue weighted by atomic mass is 35.5. The summed E-state index contributed by atoms with van der Waals surface area (Å²) in [5, 5.41) is 3.24. The van der Waals surface area contributed by atoms with Gasteiger partial charge in [-0.2, -0.15) is 0 Å². The van der Waals surface area contributed by atoms with Crippen LogP contribution in [0.15, 0.2) is 42.5 Å². The van der Waals surface area contributed by atoms with Crippen LogP contribution in [0.2, 0.25) is 5.02 Å². The summed E-state index contributed by atoms with van der Waals surface area (Å²) < 4.78 is 31.6. The van der Waals surface area contributed by atoms with Crippen LogP contribution in [0.5, 0.6) is 5.75 Å². The summed E-state index contributed by atoms with van der Waals surface area (Å²) in [5.74, 6) is -0.172. The van der Waals surface area contributed by atoms with Gasteiger partial charge in [0.25, 0.3) is 0 Å². The fourth-order valence-corrected chi connectivity index (χ4v) is 4.62. The van der Waals surface area contributed by atoms with Crippen LogP contribution in [-0.4, -0.2) is 57.6 Å². The normalized spacial score (nSPS) is 12.1. The van der Waals surface area contributed by atoms with Crippen LogP contribution in [0.3, 0.4) is 0 Å². The Hall–Kier alpha value is -2.78. The molecule has 0 heterocycles. The number of benzene rings is 2. The van der Waals surface area contributed by atoms with Crippen LogP contribution >= 0.6 is 11.6 Å². The van der Waals surface area contributed by atoms with Crippen molar-refractivity contribution in [1.29, 1.82) is 0 Å². The second-order valence-corrected chi connectivity index (χ2v) is 10.6. The molecule has 0 bridgehead atoms. The number of carbonyl (C=O) groups is 2. The van der Waals surface area contributed by atoms with Gasteiger partial charge in [-0.1, -0.05) is 43.6 Å². The molecule has 0 saturated carbocycles. The molecule has 0 aliphatic heterocycles. The summed E-state index contributed by atoms with van der Waals surface area (Å²) in [5.41, 5.74) is 1.82. The van der Waals surface area contributed by atoms with Crippen LogP contribution in [0.4, 0.5) is 5.69 Å². The minimum atomic E-state index is -3.82. The molecule has 0 aliphatic carbocycles. The largest absolute Gasteiger partial charge is 0.497 e. The van der Waals surface area contributed by atoms with E-state index in [0.29, 0.717) is 23.7 Å². The predicted octanol–water partition coefficient (Wildman–Crippen LogP) is 3.76. The number of halogens is 1. The quantitative estimate of drug-likeness (QED) is 0.457. The fourth-order valence-electron chi connectivity index (χ4n) is 3.60. The molecule has 192 valence electrons. The Morgan fingerprint density at radius 1 is 1.14 bits per heavy atom. The van der Waals surface area contributed by atoms with E-state index in [4.69, 9.17) is 16.3 Å². The molecule has 10 heteroatoms. The van der Waals surface area contributed by atoms with Crippen LogP contribution in [0.1, 0.15) is 37.8 Å². The summed E-state index contributed by atoms with van der Waals surface area (Å²) in [4.78, 5) is 28.0. The van der Waals surface area contributed by atoms with E-state index < -0.39 is 28.5 Å². The maximum Gasteiger partial charge on any atom is 0.244 e. The van der Waals surface area contributed by atoms with Crippen molar-refractivity contribution in [3.05, 3.63) is 58.6 Å². The number of rotatable bonds is 12. The fraction of sp³-hybridized carbons (Fsp3) is 0.440. The summed E-state index contributed by atoms with van der Waals surface area (Å²) in [6.45, 7) is 5.68. The minimum Gasteiger partial charge on any atom is -0.497 e. The van der Waals surface area contributed by atoms with Gasteiger partial charge >= 0.3 is 0 Å². The van der Waals surface area contributed by atoms with Gasteiger partial charge in [-0.15, -0.1) is 0 Å². The van der Waals surface area contributed by atoms with E-state index in [9.17, 15) is 18.0 Å². The molecule has 0 spiro atoms. The van der Waals surface area contributed by atoms with Crippen molar-refractivity contribution in [3.63, 3.8) is 0 Å². The first-order valence-electron chi connectivity index (χ1n) is 11.5. The number of sulfonamides is 1. The average Bonchev–Trinajstić information content (AvgIpc) is 2.82. The van der Waals surface area contributed by atoms with E-state index in [1.807, 2.05) is 19.9 Å². The SMILES string of the molecule is CCCNC(=O)C(CC)N(Cc1cccc(OC)c1)C(=O)CN(c1ccc(C)c(Cl)c1)S(C)(=O)=O. The first kappa shape index (κ1) is 28.5. The van der Waals surface area contributed by atoms with Crippen molar-refractivity contribution >= 4 is 39.1 Å². The van der Waals surface area contributed by atoms with Crippen LogP contribution in [0, 0.1) is 6.92 Å². The highest BCUT2D eigenvalue weighted by Gasteiger charge is 2.31. The van der Waals surface area contributed by atoms with Gasteiger partial charge in [-0.05, 0) is 55.2 Å². The Balaban J connectivity index is 2.45. The number of aryl methyl sites for hydroxylation is 1. The average molecular weight is 524 g/mol. The lowest BCUT2D eigenvalue weighted by molar-refractivity contribution is -0.140. The molecule has 1 atom stereocenters. The molecule has 0 aliphatic rings. The van der Waals surface area contributed by atoms with E-state index in [1.54, 1.807) is 44.4 Å². The smallest absolute Gasteiger partial charge is 0.244 e. The molecular formula is C25H34ClN3O5S. The van der Waals surface area contributed by atoms with Crippen molar-refractivity contribution in [1.82, 2.24) is 10.2 Å². The highest BCUT2D eigenvalue weighted by molar-refractivity contribution is 7.92. The van der Waals surface area contributed by atoms with Crippen LogP contribution in [0.25, 0.3) is 0 Å². The maximum absolute atomic E-state index is 13.6. The van der Waals surface area contributed by atoms with Crippen LogP contribution in [-0.2, 0) is 26.2 Å². The topological polar surface area (TPSA) is 96.0 Å². The second kappa shape index (κ2) is 12.8. The molecule has 2 amide bonds. The predicted molar refractivity (Wildman–Crippen MR) is 139 cm³/mol. The molecule has 0 radical (unpaired) electrons. The molecule has 2 aromatic carbocycles. The number of ether oxygens (including phenoxy) is 1. The number of hydrogen-bond donors (Lipinski definition) is 1. The molecule has 2 aromatic rings. The van der Waals surface area contributed by atoms with E-state index >= 15 is 0 Å². The minimum absolute atomic E-state index is 0.111. The van der Waals surface area contributed by atoms with E-state index in [1.165, 1.54) is 11.0 Å². The van der Waals surface area contributed by atoms with Crippen molar-refractivity contribution in [2.24, 2.45) is 0 Å². The third-order valence-electron chi connectivity index (χ3n) is 5.54. The van der Waals surface area contributed by atoms with Gasteiger partial charge in [0.2, 0.25) is 21.8 Å². The highest BCUT2D eigenvalue weighted by Crippen LogP contribution is 2.26. The summed E-state index contributed by atoms with van der Waals surface area (Å²) >= 11 is 6.22. The monoisotopic (exact) mass is 523 g/mol.